The van der Waals surface area contributed by atoms with Gasteiger partial charge in [-0.15, -0.1) is 0 Å². The highest BCUT2D eigenvalue weighted by molar-refractivity contribution is 6.62. The van der Waals surface area contributed by atoms with E-state index < -0.39 is 42.0 Å². The van der Waals surface area contributed by atoms with Crippen molar-refractivity contribution in [2.75, 3.05) is 0 Å². The second kappa shape index (κ2) is 8.82. The minimum absolute atomic E-state index is 0.120. The van der Waals surface area contributed by atoms with Gasteiger partial charge in [0, 0.05) is 0 Å². The summed E-state index contributed by atoms with van der Waals surface area (Å²) in [6.45, 7) is 13.2. The van der Waals surface area contributed by atoms with Crippen LogP contribution in [0.5, 0.6) is 0 Å². The van der Waals surface area contributed by atoms with Crippen molar-refractivity contribution in [2.45, 2.75) is 77.7 Å². The van der Waals surface area contributed by atoms with Crippen LogP contribution in [0.3, 0.4) is 0 Å². The van der Waals surface area contributed by atoms with Gasteiger partial charge in [0.25, 0.3) is 0 Å². The Balaban J connectivity index is 2.03. The quantitative estimate of drug-likeness (QED) is 0.690. The molecule has 1 atom stereocenters. The molecule has 0 spiro atoms. The molecule has 0 bridgehead atoms. The third-order valence-electron chi connectivity index (χ3n) is 5.11. The molecule has 1 saturated heterocycles. The fourth-order valence-electron chi connectivity index (χ4n) is 2.80. The van der Waals surface area contributed by atoms with Crippen LogP contribution in [0.15, 0.2) is 30.3 Å². The molecule has 2 rings (SSSR count). The Morgan fingerprint density at radius 2 is 1.80 bits per heavy atom. The molecule has 7 nitrogen and oxygen atoms in total. The van der Waals surface area contributed by atoms with Crippen molar-refractivity contribution in [2.24, 2.45) is 0 Å². The van der Waals surface area contributed by atoms with E-state index in [0.717, 1.165) is 11.0 Å². The summed E-state index contributed by atoms with van der Waals surface area (Å²) in [7, 11) is -0.469. The van der Waals surface area contributed by atoms with Crippen LogP contribution in [0.25, 0.3) is 6.08 Å². The van der Waals surface area contributed by atoms with Crippen LogP contribution in [0.4, 0.5) is 4.79 Å². The number of amides is 1. The summed E-state index contributed by atoms with van der Waals surface area (Å²) in [5.74, 6) is -1.13. The van der Waals surface area contributed by atoms with Gasteiger partial charge in [0.2, 0.25) is 0 Å². The summed E-state index contributed by atoms with van der Waals surface area (Å²) in [5, 5.41) is 11.7. The maximum Gasteiger partial charge on any atom is 0.494 e. The first-order chi connectivity index (χ1) is 13.7. The smallest absolute Gasteiger partial charge is 0.480 e. The van der Waals surface area contributed by atoms with Gasteiger partial charge in [-0.3, -0.25) is 0 Å². The molecule has 30 heavy (non-hydrogen) atoms. The Morgan fingerprint density at radius 1 is 1.20 bits per heavy atom. The van der Waals surface area contributed by atoms with Crippen LogP contribution >= 0.6 is 0 Å². The molecule has 1 amide bonds. The number of carbonyl (C=O) groups is 2. The monoisotopic (exact) mass is 417 g/mol. The molecule has 1 aromatic carbocycles. The Bertz CT molecular complexity index is 796. The summed E-state index contributed by atoms with van der Waals surface area (Å²) in [6.07, 6.45) is 2.88. The zero-order chi connectivity index (χ0) is 22.7. The fraction of sp³-hybridized carbons (Fsp3) is 0.545. The molecule has 0 saturated carbocycles. The number of carboxylic acids is 1. The summed E-state index contributed by atoms with van der Waals surface area (Å²) in [6, 6.07) is 6.59. The Hall–Kier alpha value is -2.32. The van der Waals surface area contributed by atoms with E-state index in [4.69, 9.17) is 14.0 Å². The lowest BCUT2D eigenvalue weighted by atomic mass is 9.78. The molecule has 0 aliphatic carbocycles. The number of rotatable bonds is 6. The van der Waals surface area contributed by atoms with Crippen molar-refractivity contribution in [1.29, 1.82) is 0 Å². The second-order valence-electron chi connectivity index (χ2n) is 9.43. The topological polar surface area (TPSA) is 94.1 Å². The van der Waals surface area contributed by atoms with Crippen LogP contribution < -0.4 is 10.8 Å². The molecular weight excluding hydrogens is 385 g/mol. The lowest BCUT2D eigenvalue weighted by Crippen LogP contribution is -2.43. The highest BCUT2D eigenvalue weighted by Crippen LogP contribution is 2.36. The van der Waals surface area contributed by atoms with Crippen LogP contribution in [0.1, 0.15) is 60.5 Å². The highest BCUT2D eigenvalue weighted by Gasteiger charge is 2.51. The molecule has 1 aliphatic heterocycles. The van der Waals surface area contributed by atoms with Crippen molar-refractivity contribution in [1.82, 2.24) is 5.32 Å². The minimum atomic E-state index is -1.13. The normalized spacial score (nSPS) is 19.0. The standard InChI is InChI=1S/C22H32BNO6/c1-20(2,3)28-19(27)24-17(18(25)26)13-9-11-15-10-8-12-16(14-15)23-29-21(4,5)22(6,7)30-23/h8-12,14,17H,13H2,1-7H3,(H,24,27)(H,25,26)/t17-/m0/s1. The van der Waals surface area contributed by atoms with E-state index in [2.05, 4.69) is 5.32 Å². The van der Waals surface area contributed by atoms with Gasteiger partial charge in [0.1, 0.15) is 11.6 Å². The number of alkyl carbamates (subject to hydrolysis) is 1. The number of nitrogens with one attached hydrogen (secondary N) is 1. The van der Waals surface area contributed by atoms with Crippen LogP contribution in [-0.2, 0) is 18.8 Å². The van der Waals surface area contributed by atoms with Gasteiger partial charge in [0.15, 0.2) is 0 Å². The zero-order valence-corrected chi connectivity index (χ0v) is 18.8. The molecule has 1 heterocycles. The van der Waals surface area contributed by atoms with Gasteiger partial charge in [-0.2, -0.15) is 0 Å². The molecule has 0 radical (unpaired) electrons. The molecule has 1 aromatic rings. The van der Waals surface area contributed by atoms with Gasteiger partial charge in [-0.05, 0) is 65.9 Å². The van der Waals surface area contributed by atoms with E-state index in [0.29, 0.717) is 0 Å². The second-order valence-corrected chi connectivity index (χ2v) is 9.43. The average molecular weight is 417 g/mol. The first kappa shape index (κ1) is 24.0. The van der Waals surface area contributed by atoms with Crippen LogP contribution in [0.2, 0.25) is 0 Å². The van der Waals surface area contributed by atoms with Crippen LogP contribution in [0, 0.1) is 0 Å². The van der Waals surface area contributed by atoms with E-state index in [1.807, 2.05) is 52.0 Å². The number of carbonyl (C=O) groups excluding carboxylic acids is 1. The molecule has 0 unspecified atom stereocenters. The molecular formula is C22H32BNO6. The summed E-state index contributed by atoms with van der Waals surface area (Å²) >= 11 is 0. The van der Waals surface area contributed by atoms with Gasteiger partial charge in [-0.1, -0.05) is 36.4 Å². The maximum absolute atomic E-state index is 11.9. The van der Waals surface area contributed by atoms with Gasteiger partial charge >= 0.3 is 19.2 Å². The minimum Gasteiger partial charge on any atom is -0.480 e. The Morgan fingerprint density at radius 3 is 2.33 bits per heavy atom. The number of carboxylic acid groups (broad SMARTS) is 1. The van der Waals surface area contributed by atoms with Gasteiger partial charge < -0.3 is 24.5 Å². The first-order valence-corrected chi connectivity index (χ1v) is 10.0. The number of hydrogen-bond donors (Lipinski definition) is 2. The molecule has 1 aliphatic rings. The highest BCUT2D eigenvalue weighted by atomic mass is 16.7. The third-order valence-corrected chi connectivity index (χ3v) is 5.11. The number of aliphatic carboxylic acids is 1. The molecule has 0 aromatic heterocycles. The molecule has 8 heteroatoms. The fourth-order valence-corrected chi connectivity index (χ4v) is 2.80. The Labute approximate surface area is 178 Å². The van der Waals surface area contributed by atoms with E-state index in [1.165, 1.54) is 0 Å². The average Bonchev–Trinajstić information content (AvgIpc) is 2.80. The van der Waals surface area contributed by atoms with E-state index in [-0.39, 0.29) is 6.42 Å². The number of ether oxygens (including phenoxy) is 1. The lowest BCUT2D eigenvalue weighted by molar-refractivity contribution is -0.139. The molecule has 2 N–H and O–H groups in total. The van der Waals surface area contributed by atoms with Crippen molar-refractivity contribution < 1.29 is 28.7 Å². The van der Waals surface area contributed by atoms with Crippen molar-refractivity contribution in [3.8, 4) is 0 Å². The largest absolute Gasteiger partial charge is 0.494 e. The Kier molecular flexibility index (Phi) is 7.04. The number of hydrogen-bond acceptors (Lipinski definition) is 5. The summed E-state index contributed by atoms with van der Waals surface area (Å²) in [5.41, 5.74) is 0.217. The van der Waals surface area contributed by atoms with E-state index in [9.17, 15) is 14.7 Å². The van der Waals surface area contributed by atoms with E-state index in [1.54, 1.807) is 32.9 Å². The van der Waals surface area contributed by atoms with Crippen molar-refractivity contribution in [3.63, 3.8) is 0 Å². The summed E-state index contributed by atoms with van der Waals surface area (Å²) in [4.78, 5) is 23.3. The summed E-state index contributed by atoms with van der Waals surface area (Å²) < 4.78 is 17.3. The van der Waals surface area contributed by atoms with Crippen molar-refractivity contribution >= 4 is 30.7 Å². The lowest BCUT2D eigenvalue weighted by Gasteiger charge is -2.32. The SMILES string of the molecule is CC(C)(C)OC(=O)N[C@@H](CC=Cc1cccc(B2OC(C)(C)C(C)(C)O2)c1)C(=O)O. The number of benzene rings is 1. The van der Waals surface area contributed by atoms with E-state index >= 15 is 0 Å². The van der Waals surface area contributed by atoms with Gasteiger partial charge in [0.05, 0.1) is 11.2 Å². The molecule has 164 valence electrons. The van der Waals surface area contributed by atoms with Crippen molar-refractivity contribution in [3.05, 3.63) is 35.9 Å². The maximum atomic E-state index is 11.9. The van der Waals surface area contributed by atoms with Crippen LogP contribution in [-0.4, -0.2) is 47.1 Å². The molecule has 1 fully saturated rings. The predicted octanol–water partition coefficient (Wildman–Crippen LogP) is 3.37. The predicted molar refractivity (Wildman–Crippen MR) is 117 cm³/mol. The first-order valence-electron chi connectivity index (χ1n) is 10.0. The van der Waals surface area contributed by atoms with Gasteiger partial charge in [-0.25, -0.2) is 9.59 Å². The zero-order valence-electron chi connectivity index (χ0n) is 18.8. The third kappa shape index (κ3) is 6.34.